The summed E-state index contributed by atoms with van der Waals surface area (Å²) >= 11 is 0. The summed E-state index contributed by atoms with van der Waals surface area (Å²) in [4.78, 5) is 8.78. The number of rotatable bonds is 9. The van der Waals surface area contributed by atoms with Crippen LogP contribution in [0.5, 0.6) is 0 Å². The van der Waals surface area contributed by atoms with Gasteiger partial charge in [-0.05, 0) is 37.8 Å². The van der Waals surface area contributed by atoms with Crippen LogP contribution in [0.4, 0.5) is 5.69 Å². The predicted molar refractivity (Wildman–Crippen MR) is 117 cm³/mol. The Hall–Kier alpha value is -1.02. The second-order valence-corrected chi connectivity index (χ2v) is 6.66. The highest BCUT2D eigenvalue weighted by Crippen LogP contribution is 2.28. The molecule has 6 heteroatoms. The Morgan fingerprint density at radius 2 is 1.96 bits per heavy atom. The van der Waals surface area contributed by atoms with Crippen molar-refractivity contribution in [3.8, 4) is 0 Å². The van der Waals surface area contributed by atoms with Gasteiger partial charge in [0.15, 0.2) is 5.96 Å². The van der Waals surface area contributed by atoms with Crippen LogP contribution in [0.2, 0.25) is 0 Å². The molecule has 2 rings (SSSR count). The topological polar surface area (TPSA) is 40.1 Å². The first-order valence-corrected chi connectivity index (χ1v) is 8.89. The molecule has 5 nitrogen and oxygen atoms in total. The van der Waals surface area contributed by atoms with Crippen molar-refractivity contribution in [2.75, 3.05) is 52.3 Å². The van der Waals surface area contributed by atoms with Crippen molar-refractivity contribution in [2.45, 2.75) is 25.8 Å². The number of hydrogen-bond acceptors (Lipinski definition) is 3. The third-order valence-corrected chi connectivity index (χ3v) is 4.58. The summed E-state index contributed by atoms with van der Waals surface area (Å²) in [5.74, 6) is 1.74. The summed E-state index contributed by atoms with van der Waals surface area (Å²) in [6.45, 7) is 5.58. The van der Waals surface area contributed by atoms with Gasteiger partial charge in [0, 0.05) is 52.6 Å². The number of halogens is 1. The highest BCUT2D eigenvalue weighted by molar-refractivity contribution is 14.0. The molecule has 1 aromatic carbocycles. The molecule has 0 amide bonds. The Kier molecular flexibility index (Phi) is 10.2. The van der Waals surface area contributed by atoms with Gasteiger partial charge in [-0.15, -0.1) is 24.0 Å². The maximum atomic E-state index is 5.71. The van der Waals surface area contributed by atoms with Crippen LogP contribution in [0.25, 0.3) is 0 Å². The molecule has 1 saturated carbocycles. The zero-order valence-electron chi connectivity index (χ0n) is 15.9. The van der Waals surface area contributed by atoms with Gasteiger partial charge >= 0.3 is 0 Å². The molecule has 1 fully saturated rings. The first-order valence-electron chi connectivity index (χ1n) is 8.89. The second-order valence-electron chi connectivity index (χ2n) is 6.66. The number of anilines is 1. The largest absolute Gasteiger partial charge is 0.379 e. The standard InChI is InChI=1S/C19H32N4O.HI/c1-16(23(4)18-8-6-5-7-9-18)14-21-19(20-2)22(3)12-13-24-15-17-10-11-17;/h5-9,16-17H,10-15H2,1-4H3,(H,20,21);1H. The zero-order valence-corrected chi connectivity index (χ0v) is 18.3. The molecule has 1 aromatic rings. The van der Waals surface area contributed by atoms with E-state index in [-0.39, 0.29) is 24.0 Å². The third-order valence-electron chi connectivity index (χ3n) is 4.58. The van der Waals surface area contributed by atoms with Crippen LogP contribution in [-0.4, -0.2) is 64.3 Å². The first-order chi connectivity index (χ1) is 11.6. The molecule has 0 aliphatic heterocycles. The fraction of sp³-hybridized carbons (Fsp3) is 0.632. The average Bonchev–Trinajstić information content (AvgIpc) is 3.43. The number of guanidine groups is 1. The van der Waals surface area contributed by atoms with Crippen LogP contribution in [-0.2, 0) is 4.74 Å². The summed E-state index contributed by atoms with van der Waals surface area (Å²) in [7, 11) is 6.01. The maximum Gasteiger partial charge on any atom is 0.193 e. The molecule has 25 heavy (non-hydrogen) atoms. The van der Waals surface area contributed by atoms with E-state index >= 15 is 0 Å². The molecular weight excluding hydrogens is 427 g/mol. The molecule has 1 N–H and O–H groups in total. The molecule has 0 bridgehead atoms. The first kappa shape index (κ1) is 22.0. The van der Waals surface area contributed by atoms with Gasteiger partial charge in [0.25, 0.3) is 0 Å². The van der Waals surface area contributed by atoms with Gasteiger partial charge in [-0.25, -0.2) is 0 Å². The van der Waals surface area contributed by atoms with Crippen LogP contribution < -0.4 is 10.2 Å². The van der Waals surface area contributed by atoms with E-state index in [1.165, 1.54) is 18.5 Å². The lowest BCUT2D eigenvalue weighted by molar-refractivity contribution is 0.115. The number of ether oxygens (including phenoxy) is 1. The molecule has 1 unspecified atom stereocenters. The monoisotopic (exact) mass is 460 g/mol. The van der Waals surface area contributed by atoms with Gasteiger partial charge in [-0.3, -0.25) is 4.99 Å². The van der Waals surface area contributed by atoms with Crippen LogP contribution in [0.3, 0.4) is 0 Å². The van der Waals surface area contributed by atoms with Crippen molar-refractivity contribution in [3.63, 3.8) is 0 Å². The molecule has 1 aliphatic rings. The summed E-state index contributed by atoms with van der Waals surface area (Å²) in [6.07, 6.45) is 2.68. The van der Waals surface area contributed by atoms with E-state index in [1.807, 2.05) is 13.1 Å². The highest BCUT2D eigenvalue weighted by Gasteiger charge is 2.21. The predicted octanol–water partition coefficient (Wildman–Crippen LogP) is 3.06. The maximum absolute atomic E-state index is 5.71. The van der Waals surface area contributed by atoms with Crippen LogP contribution in [0, 0.1) is 5.92 Å². The fourth-order valence-electron chi connectivity index (χ4n) is 2.52. The van der Waals surface area contributed by atoms with Crippen LogP contribution in [0.1, 0.15) is 19.8 Å². The molecular formula is C19H33IN4O. The van der Waals surface area contributed by atoms with Gasteiger partial charge < -0.3 is 19.9 Å². The SMILES string of the molecule is CN=C(NCC(C)N(C)c1ccccc1)N(C)CCOCC1CC1.I. The second kappa shape index (κ2) is 11.6. The summed E-state index contributed by atoms with van der Waals surface area (Å²) in [6, 6.07) is 10.8. The zero-order chi connectivity index (χ0) is 17.4. The van der Waals surface area contributed by atoms with Crippen LogP contribution >= 0.6 is 24.0 Å². The number of nitrogens with one attached hydrogen (secondary N) is 1. The van der Waals surface area contributed by atoms with Gasteiger partial charge in [-0.2, -0.15) is 0 Å². The highest BCUT2D eigenvalue weighted by atomic mass is 127. The number of benzene rings is 1. The lowest BCUT2D eigenvalue weighted by Crippen LogP contribution is -2.46. The van der Waals surface area contributed by atoms with Gasteiger partial charge in [0.2, 0.25) is 0 Å². The van der Waals surface area contributed by atoms with E-state index < -0.39 is 0 Å². The van der Waals surface area contributed by atoms with E-state index in [0.29, 0.717) is 6.04 Å². The Bertz CT molecular complexity index is 507. The molecule has 0 aromatic heterocycles. The normalized spacial score (nSPS) is 15.3. The van der Waals surface area contributed by atoms with Crippen molar-refractivity contribution >= 4 is 35.6 Å². The van der Waals surface area contributed by atoms with Gasteiger partial charge in [-0.1, -0.05) is 18.2 Å². The molecule has 0 saturated heterocycles. The molecule has 1 atom stereocenters. The van der Waals surface area contributed by atoms with E-state index in [0.717, 1.165) is 38.2 Å². The summed E-state index contributed by atoms with van der Waals surface area (Å²) in [5, 5.41) is 3.46. The quantitative estimate of drug-likeness (QED) is 0.266. The Morgan fingerprint density at radius 3 is 2.56 bits per heavy atom. The number of hydrogen-bond donors (Lipinski definition) is 1. The Morgan fingerprint density at radius 1 is 1.28 bits per heavy atom. The third kappa shape index (κ3) is 7.81. The summed E-state index contributed by atoms with van der Waals surface area (Å²) in [5.41, 5.74) is 1.23. The minimum Gasteiger partial charge on any atom is -0.379 e. The van der Waals surface area contributed by atoms with Crippen LogP contribution in [0.15, 0.2) is 35.3 Å². The Labute approximate surface area is 169 Å². The van der Waals surface area contributed by atoms with Crippen molar-refractivity contribution in [1.29, 1.82) is 0 Å². The number of likely N-dealkylation sites (N-methyl/N-ethyl adjacent to an activating group) is 2. The van der Waals surface area contributed by atoms with Crippen molar-refractivity contribution in [2.24, 2.45) is 10.9 Å². The van der Waals surface area contributed by atoms with Gasteiger partial charge in [0.05, 0.1) is 6.61 Å². The lowest BCUT2D eigenvalue weighted by atomic mass is 10.2. The summed E-state index contributed by atoms with van der Waals surface area (Å²) < 4.78 is 5.71. The van der Waals surface area contributed by atoms with Crippen molar-refractivity contribution < 1.29 is 4.74 Å². The molecule has 142 valence electrons. The number of nitrogens with zero attached hydrogens (tertiary/aromatic N) is 3. The van der Waals surface area contributed by atoms with Crippen molar-refractivity contribution in [3.05, 3.63) is 30.3 Å². The lowest BCUT2D eigenvalue weighted by Gasteiger charge is -2.29. The molecule has 0 radical (unpaired) electrons. The minimum absolute atomic E-state index is 0. The molecule has 1 aliphatic carbocycles. The van der Waals surface area contributed by atoms with E-state index in [2.05, 4.69) is 65.4 Å². The number of para-hydroxylation sites is 1. The average molecular weight is 460 g/mol. The molecule has 0 spiro atoms. The van der Waals surface area contributed by atoms with Crippen molar-refractivity contribution in [1.82, 2.24) is 10.2 Å². The number of aliphatic imine (C=N–C) groups is 1. The smallest absolute Gasteiger partial charge is 0.193 e. The Balaban J connectivity index is 0.00000312. The molecule has 0 heterocycles. The minimum atomic E-state index is 0. The van der Waals surface area contributed by atoms with E-state index in [1.54, 1.807) is 0 Å². The van der Waals surface area contributed by atoms with E-state index in [9.17, 15) is 0 Å². The van der Waals surface area contributed by atoms with E-state index in [4.69, 9.17) is 4.74 Å². The van der Waals surface area contributed by atoms with Gasteiger partial charge in [0.1, 0.15) is 0 Å². The fourth-order valence-corrected chi connectivity index (χ4v) is 2.52.